The molecule has 2 aromatic rings. The summed E-state index contributed by atoms with van der Waals surface area (Å²) >= 11 is 0. The second-order valence-corrected chi connectivity index (χ2v) is 6.04. The van der Waals surface area contributed by atoms with Crippen molar-refractivity contribution in [1.29, 1.82) is 0 Å². The Hall–Kier alpha value is -2.10. The molecule has 0 saturated carbocycles. The van der Waals surface area contributed by atoms with Crippen LogP contribution in [-0.2, 0) is 11.3 Å². The van der Waals surface area contributed by atoms with Gasteiger partial charge in [-0.3, -0.25) is 9.59 Å². The Morgan fingerprint density at radius 1 is 1.32 bits per heavy atom. The van der Waals surface area contributed by atoms with Gasteiger partial charge in [0.1, 0.15) is 6.54 Å². The summed E-state index contributed by atoms with van der Waals surface area (Å²) in [6, 6.07) is 5.67. The summed E-state index contributed by atoms with van der Waals surface area (Å²) in [6.45, 7) is 8.28. The van der Waals surface area contributed by atoms with E-state index < -0.39 is 0 Å². The van der Waals surface area contributed by atoms with E-state index in [1.807, 2.05) is 37.5 Å². The number of carbonyl (C=O) groups is 1. The zero-order valence-electron chi connectivity index (χ0n) is 13.8. The number of carbonyl (C=O) groups excluding carboxylic acids is 1. The van der Waals surface area contributed by atoms with E-state index >= 15 is 0 Å². The molecule has 0 aliphatic heterocycles. The second-order valence-electron chi connectivity index (χ2n) is 6.04. The van der Waals surface area contributed by atoms with Gasteiger partial charge in [0.2, 0.25) is 5.91 Å². The van der Waals surface area contributed by atoms with Crippen molar-refractivity contribution in [3.63, 3.8) is 0 Å². The van der Waals surface area contributed by atoms with E-state index in [0.717, 1.165) is 29.5 Å². The Morgan fingerprint density at radius 2 is 2.05 bits per heavy atom. The van der Waals surface area contributed by atoms with Crippen molar-refractivity contribution in [3.8, 4) is 0 Å². The fraction of sp³-hybridized carbons (Fsp3) is 0.444. The van der Waals surface area contributed by atoms with E-state index in [1.54, 1.807) is 6.20 Å². The minimum atomic E-state index is -0.0231. The highest BCUT2D eigenvalue weighted by molar-refractivity contribution is 5.85. The van der Waals surface area contributed by atoms with Gasteiger partial charge in [0.15, 0.2) is 5.43 Å². The first-order chi connectivity index (χ1) is 10.4. The summed E-state index contributed by atoms with van der Waals surface area (Å²) in [7, 11) is 0. The zero-order chi connectivity index (χ0) is 16.3. The molecule has 1 atom stereocenters. The first-order valence-electron chi connectivity index (χ1n) is 7.82. The molecule has 0 saturated heterocycles. The second kappa shape index (κ2) is 6.77. The van der Waals surface area contributed by atoms with Crippen LogP contribution < -0.4 is 10.7 Å². The maximum atomic E-state index is 12.2. The monoisotopic (exact) mass is 300 g/mol. The van der Waals surface area contributed by atoms with Crippen LogP contribution in [0.3, 0.4) is 0 Å². The highest BCUT2D eigenvalue weighted by Crippen LogP contribution is 2.17. The van der Waals surface area contributed by atoms with Crippen molar-refractivity contribution in [1.82, 2.24) is 9.88 Å². The lowest BCUT2D eigenvalue weighted by molar-refractivity contribution is -0.122. The van der Waals surface area contributed by atoms with Gasteiger partial charge >= 0.3 is 0 Å². The van der Waals surface area contributed by atoms with Crippen molar-refractivity contribution in [2.45, 2.75) is 53.1 Å². The van der Waals surface area contributed by atoms with Gasteiger partial charge < -0.3 is 9.88 Å². The first kappa shape index (κ1) is 16.3. The summed E-state index contributed by atoms with van der Waals surface area (Å²) in [6.07, 6.45) is 3.71. The van der Waals surface area contributed by atoms with E-state index in [4.69, 9.17) is 0 Å². The van der Waals surface area contributed by atoms with Crippen LogP contribution in [-0.4, -0.2) is 16.5 Å². The van der Waals surface area contributed by atoms with Crippen LogP contribution in [0.2, 0.25) is 0 Å². The summed E-state index contributed by atoms with van der Waals surface area (Å²) < 4.78 is 1.85. The third-order valence-corrected chi connectivity index (χ3v) is 3.86. The third kappa shape index (κ3) is 3.56. The molecule has 0 aliphatic carbocycles. The molecule has 0 unspecified atom stereocenters. The zero-order valence-corrected chi connectivity index (χ0v) is 13.8. The van der Waals surface area contributed by atoms with Crippen LogP contribution in [0.4, 0.5) is 0 Å². The molecular formula is C18H24N2O2. The van der Waals surface area contributed by atoms with E-state index in [1.165, 1.54) is 6.07 Å². The molecule has 22 heavy (non-hydrogen) atoms. The van der Waals surface area contributed by atoms with Gasteiger partial charge in [-0.25, -0.2) is 0 Å². The Labute approximate surface area is 131 Å². The maximum absolute atomic E-state index is 12.2. The lowest BCUT2D eigenvalue weighted by Crippen LogP contribution is -2.35. The smallest absolute Gasteiger partial charge is 0.240 e. The Bertz CT molecular complexity index is 747. The van der Waals surface area contributed by atoms with Crippen molar-refractivity contribution < 1.29 is 4.79 Å². The number of aromatic nitrogens is 1. The Morgan fingerprint density at radius 3 is 2.73 bits per heavy atom. The molecule has 0 bridgehead atoms. The molecular weight excluding hydrogens is 276 g/mol. The minimum Gasteiger partial charge on any atom is -0.352 e. The minimum absolute atomic E-state index is 0.00325. The first-order valence-corrected chi connectivity index (χ1v) is 7.82. The van der Waals surface area contributed by atoms with Gasteiger partial charge in [0, 0.05) is 23.7 Å². The molecule has 1 aromatic carbocycles. The van der Waals surface area contributed by atoms with Crippen LogP contribution in [0, 0.1) is 13.8 Å². The summed E-state index contributed by atoms with van der Waals surface area (Å²) in [5, 5.41) is 3.70. The summed E-state index contributed by atoms with van der Waals surface area (Å²) in [5.74, 6) is -0.0231. The predicted molar refractivity (Wildman–Crippen MR) is 90.2 cm³/mol. The van der Waals surface area contributed by atoms with Gasteiger partial charge in [0.25, 0.3) is 0 Å². The summed E-state index contributed by atoms with van der Waals surface area (Å²) in [4.78, 5) is 24.3. The molecule has 1 amide bonds. The number of rotatable bonds is 5. The predicted octanol–water partition coefficient (Wildman–Crippen LogP) is 2.92. The molecule has 2 rings (SSSR count). The van der Waals surface area contributed by atoms with Crippen molar-refractivity contribution >= 4 is 16.8 Å². The normalized spacial score (nSPS) is 12.4. The lowest BCUT2D eigenvalue weighted by Gasteiger charge is -2.16. The molecule has 0 aliphatic rings. The van der Waals surface area contributed by atoms with Crippen LogP contribution in [0.15, 0.2) is 29.2 Å². The average molecular weight is 300 g/mol. The Kier molecular flexibility index (Phi) is 5.01. The lowest BCUT2D eigenvalue weighted by atomic mass is 10.1. The maximum Gasteiger partial charge on any atom is 0.240 e. The van der Waals surface area contributed by atoms with Gasteiger partial charge in [-0.15, -0.1) is 0 Å². The van der Waals surface area contributed by atoms with Crippen LogP contribution in [0.5, 0.6) is 0 Å². The number of nitrogens with one attached hydrogen (secondary N) is 1. The van der Waals surface area contributed by atoms with E-state index in [2.05, 4.69) is 12.2 Å². The van der Waals surface area contributed by atoms with E-state index in [9.17, 15) is 9.59 Å². The number of benzene rings is 1. The molecule has 4 heteroatoms. The van der Waals surface area contributed by atoms with Crippen LogP contribution in [0.1, 0.15) is 37.8 Å². The van der Waals surface area contributed by atoms with Gasteiger partial charge in [0.05, 0.1) is 5.52 Å². The molecule has 0 spiro atoms. The molecule has 1 heterocycles. The molecule has 118 valence electrons. The number of fused-ring (bicyclic) bond motifs is 1. The van der Waals surface area contributed by atoms with Gasteiger partial charge in [-0.05, 0) is 44.4 Å². The van der Waals surface area contributed by atoms with Gasteiger partial charge in [-0.1, -0.05) is 19.4 Å². The number of nitrogens with zero attached hydrogens (tertiary/aromatic N) is 1. The van der Waals surface area contributed by atoms with Crippen LogP contribution in [0.25, 0.3) is 10.9 Å². The number of aryl methyl sites for hydroxylation is 2. The number of amides is 1. The molecule has 4 nitrogen and oxygen atoms in total. The highest BCUT2D eigenvalue weighted by Gasteiger charge is 2.11. The van der Waals surface area contributed by atoms with Crippen LogP contribution >= 0.6 is 0 Å². The molecule has 1 N–H and O–H groups in total. The number of pyridine rings is 1. The average Bonchev–Trinajstić information content (AvgIpc) is 2.41. The quantitative estimate of drug-likeness (QED) is 0.923. The number of hydrogen-bond donors (Lipinski definition) is 1. The topological polar surface area (TPSA) is 51.1 Å². The van der Waals surface area contributed by atoms with E-state index in [-0.39, 0.29) is 23.9 Å². The van der Waals surface area contributed by atoms with E-state index in [0.29, 0.717) is 5.39 Å². The third-order valence-electron chi connectivity index (χ3n) is 3.86. The van der Waals surface area contributed by atoms with Gasteiger partial charge in [-0.2, -0.15) is 0 Å². The largest absolute Gasteiger partial charge is 0.352 e. The Balaban J connectivity index is 2.34. The SMILES string of the molecule is CCC[C@@H](C)NC(=O)Cn1ccc(=O)c2c(C)cc(C)cc21. The highest BCUT2D eigenvalue weighted by atomic mass is 16.2. The van der Waals surface area contributed by atoms with Crippen molar-refractivity contribution in [2.75, 3.05) is 0 Å². The van der Waals surface area contributed by atoms with Crippen molar-refractivity contribution in [3.05, 3.63) is 45.7 Å². The summed E-state index contributed by atoms with van der Waals surface area (Å²) in [5.41, 5.74) is 2.87. The fourth-order valence-electron chi connectivity index (χ4n) is 2.93. The molecule has 0 radical (unpaired) electrons. The standard InChI is InChI=1S/C18H24N2O2/c1-5-6-14(4)19-17(22)11-20-8-7-16(21)18-13(3)9-12(2)10-15(18)20/h7-10,14H,5-6,11H2,1-4H3,(H,19,22)/t14-/m1/s1. The molecule has 1 aromatic heterocycles. The fourth-order valence-corrected chi connectivity index (χ4v) is 2.93. The molecule has 0 fully saturated rings. The van der Waals surface area contributed by atoms with Crippen molar-refractivity contribution in [2.24, 2.45) is 0 Å². The number of hydrogen-bond acceptors (Lipinski definition) is 2.